The van der Waals surface area contributed by atoms with Crippen LogP contribution in [0, 0.1) is 5.92 Å². The van der Waals surface area contributed by atoms with Gasteiger partial charge >= 0.3 is 11.9 Å². The number of thioether (sulfide) groups is 1. The van der Waals surface area contributed by atoms with Gasteiger partial charge in [-0.3, -0.25) is 19.3 Å². The molecule has 2 fully saturated rings. The maximum absolute atomic E-state index is 13.6. The quantitative estimate of drug-likeness (QED) is 0.0466. The van der Waals surface area contributed by atoms with Crippen LogP contribution in [0.15, 0.2) is 39.1 Å². The zero-order valence-electron chi connectivity index (χ0n) is 29.4. The number of quaternary nitrogens is 1. The van der Waals surface area contributed by atoms with Crippen LogP contribution in [-0.4, -0.2) is 132 Å². The van der Waals surface area contributed by atoms with E-state index in [1.54, 1.807) is 0 Å². The number of oxime groups is 2. The highest BCUT2D eigenvalue weighted by atomic mass is 35.5. The summed E-state index contributed by atoms with van der Waals surface area (Å²) in [5, 5.41) is 50.6. The first-order chi connectivity index (χ1) is 25.5. The second-order valence-corrected chi connectivity index (χ2v) is 15.7. The Labute approximate surface area is 321 Å². The van der Waals surface area contributed by atoms with Gasteiger partial charge < -0.3 is 45.6 Å². The van der Waals surface area contributed by atoms with Gasteiger partial charge in [-0.05, 0) is 26.0 Å². The van der Waals surface area contributed by atoms with E-state index < -0.39 is 57.9 Å². The Balaban J connectivity index is 1.30. The third-order valence-corrected chi connectivity index (χ3v) is 11.8. The number of nitrogen functional groups attached to an aromatic ring is 1. The van der Waals surface area contributed by atoms with Crippen molar-refractivity contribution in [2.45, 2.75) is 44.1 Å². The average molecular weight is 809 g/mol. The van der Waals surface area contributed by atoms with Gasteiger partial charge in [0.25, 0.3) is 5.91 Å². The number of aromatic hydroxyl groups is 2. The third kappa shape index (κ3) is 8.25. The Kier molecular flexibility index (Phi) is 12.1. The fraction of sp³-hybridized carbons (Fsp3) is 0.455. The molecule has 1 aromatic carbocycles. The van der Waals surface area contributed by atoms with Crippen LogP contribution >= 0.6 is 34.7 Å². The van der Waals surface area contributed by atoms with E-state index in [4.69, 9.17) is 27.0 Å². The number of nitrogens with zero attached hydrogens (tertiary/aromatic N) is 5. The van der Waals surface area contributed by atoms with Crippen molar-refractivity contribution in [3.63, 3.8) is 0 Å². The number of ketones is 1. The summed E-state index contributed by atoms with van der Waals surface area (Å²) in [5.74, 6) is -6.16. The Morgan fingerprint density at radius 1 is 1.15 bits per heavy atom. The molecule has 1 aromatic heterocycles. The number of aromatic nitrogens is 1. The fourth-order valence-corrected chi connectivity index (χ4v) is 8.68. The number of carboxylic acids is 2. The molecule has 0 saturated carbocycles. The SMILES string of the molecule is CO/N=C(\C(=O)NCC[N+]1(CC2=C(C(=O)O)N3C(=O)[C@@H](CC(=O)/C(=N\OC(C)(C)C(=O)O)c4csc(N)n4)[C@H]3SC2)CCCC1)c1ccc(O)c(O)c1Cl. The average Bonchev–Trinajstić information content (AvgIpc) is 3.77. The number of fused-ring (bicyclic) bond motifs is 1. The van der Waals surface area contributed by atoms with Crippen molar-refractivity contribution in [3.8, 4) is 11.5 Å². The summed E-state index contributed by atoms with van der Waals surface area (Å²) in [4.78, 5) is 79.9. The molecule has 2 amide bonds. The van der Waals surface area contributed by atoms with Crippen LogP contribution in [0.1, 0.15) is 44.4 Å². The third-order valence-electron chi connectivity index (χ3n) is 9.33. The lowest BCUT2D eigenvalue weighted by atomic mass is 9.89. The summed E-state index contributed by atoms with van der Waals surface area (Å²) in [5.41, 5.74) is 3.94. The van der Waals surface area contributed by atoms with Crippen molar-refractivity contribution in [2.75, 3.05) is 51.3 Å². The molecule has 2 atom stereocenters. The van der Waals surface area contributed by atoms with Crippen LogP contribution in [0.5, 0.6) is 11.5 Å². The Morgan fingerprint density at radius 3 is 2.46 bits per heavy atom. The molecular formula is C33H39ClN7O11S2+. The van der Waals surface area contributed by atoms with Crippen molar-refractivity contribution in [3.05, 3.63) is 45.1 Å². The van der Waals surface area contributed by atoms with E-state index in [0.29, 0.717) is 36.2 Å². The highest BCUT2D eigenvalue weighted by Gasteiger charge is 2.55. The molecule has 0 radical (unpaired) electrons. The number of carbonyl (C=O) groups excluding carboxylic acids is 3. The molecule has 0 spiro atoms. The molecule has 3 aliphatic heterocycles. The number of benzene rings is 1. The number of halogens is 1. The molecule has 3 aliphatic rings. The molecule has 18 nitrogen and oxygen atoms in total. The van der Waals surface area contributed by atoms with Crippen LogP contribution in [-0.2, 0) is 33.6 Å². The Hall–Kier alpha value is -4.92. The number of carbonyl (C=O) groups is 5. The first-order valence-electron chi connectivity index (χ1n) is 16.6. The van der Waals surface area contributed by atoms with E-state index in [-0.39, 0.29) is 57.3 Å². The van der Waals surface area contributed by atoms with Crippen LogP contribution in [0.25, 0.3) is 0 Å². The number of aliphatic carboxylic acids is 2. The number of Topliss-reactive ketones (excluding diaryl/α,β-unsaturated/α-hetero) is 1. The van der Waals surface area contributed by atoms with Gasteiger partial charge in [-0.1, -0.05) is 21.9 Å². The highest BCUT2D eigenvalue weighted by molar-refractivity contribution is 8.00. The van der Waals surface area contributed by atoms with Crippen LogP contribution < -0.4 is 11.1 Å². The number of thiazole rings is 1. The number of nitrogens with two attached hydrogens (primary N) is 1. The normalized spacial score (nSPS) is 19.9. The number of hydrogen-bond acceptors (Lipinski definition) is 15. The smallest absolute Gasteiger partial charge is 0.352 e. The predicted molar refractivity (Wildman–Crippen MR) is 197 cm³/mol. The summed E-state index contributed by atoms with van der Waals surface area (Å²) in [6.45, 7) is 4.78. The number of hydrogen-bond donors (Lipinski definition) is 6. The molecule has 7 N–H and O–H groups in total. The number of phenolic OH excluding ortho intramolecular Hbond substituents is 2. The number of carboxylic acid groups (broad SMARTS) is 2. The molecule has 0 aliphatic carbocycles. The molecule has 21 heteroatoms. The first kappa shape index (κ1) is 40.3. The van der Waals surface area contributed by atoms with Crippen molar-refractivity contribution >= 4 is 80.8 Å². The minimum Gasteiger partial charge on any atom is -0.504 e. The number of nitrogens with one attached hydrogen (secondary N) is 1. The van der Waals surface area contributed by atoms with Gasteiger partial charge in [0.1, 0.15) is 25.0 Å². The number of β-lactam (4-membered cyclic amide) rings is 1. The zero-order valence-corrected chi connectivity index (χ0v) is 31.8. The molecule has 4 heterocycles. The van der Waals surface area contributed by atoms with Gasteiger partial charge in [-0.15, -0.1) is 23.1 Å². The number of anilines is 1. The Morgan fingerprint density at radius 2 is 1.85 bits per heavy atom. The topological polar surface area (TPSA) is 264 Å². The first-order valence-corrected chi connectivity index (χ1v) is 18.9. The van der Waals surface area contributed by atoms with E-state index in [1.807, 2.05) is 0 Å². The number of amides is 2. The van der Waals surface area contributed by atoms with E-state index in [2.05, 4.69) is 20.6 Å². The maximum atomic E-state index is 13.6. The molecular weight excluding hydrogens is 770 g/mol. The molecule has 2 aromatic rings. The van der Waals surface area contributed by atoms with Crippen LogP contribution in [0.3, 0.4) is 0 Å². The van der Waals surface area contributed by atoms with E-state index in [0.717, 1.165) is 30.2 Å². The molecule has 0 unspecified atom stereocenters. The van der Waals surface area contributed by atoms with Gasteiger partial charge in [0.15, 0.2) is 33.8 Å². The number of rotatable bonds is 16. The molecule has 54 heavy (non-hydrogen) atoms. The summed E-state index contributed by atoms with van der Waals surface area (Å²) >= 11 is 8.54. The van der Waals surface area contributed by atoms with Crippen molar-refractivity contribution < 1.29 is 58.6 Å². The van der Waals surface area contributed by atoms with E-state index in [1.165, 1.54) is 49.1 Å². The van der Waals surface area contributed by atoms with Crippen molar-refractivity contribution in [1.82, 2.24) is 15.2 Å². The van der Waals surface area contributed by atoms with Gasteiger partial charge in [-0.2, -0.15) is 0 Å². The van der Waals surface area contributed by atoms with Gasteiger partial charge in [-0.25, -0.2) is 14.6 Å². The molecule has 290 valence electrons. The lowest BCUT2D eigenvalue weighted by molar-refractivity contribution is -0.911. The minimum atomic E-state index is -1.78. The van der Waals surface area contributed by atoms with Crippen LogP contribution in [0.4, 0.5) is 5.13 Å². The Bertz CT molecular complexity index is 1960. The van der Waals surface area contributed by atoms with Gasteiger partial charge in [0.05, 0.1) is 42.5 Å². The van der Waals surface area contributed by atoms with Crippen molar-refractivity contribution in [2.24, 2.45) is 16.2 Å². The summed E-state index contributed by atoms with van der Waals surface area (Å²) in [6.07, 6.45) is 1.38. The fourth-order valence-electron chi connectivity index (χ4n) is 6.48. The monoisotopic (exact) mass is 808 g/mol. The summed E-state index contributed by atoms with van der Waals surface area (Å²) in [6, 6.07) is 2.48. The standard InChI is InChI=1S/C33H38ClN7O11S2/c1-33(2,31(49)50)52-39-24(19-15-54-32(35)37-19)21(43)12-18-28(46)40-25(30(47)48)16(14-53-29(18)40)13-41(9-4-5-10-41)11-8-36-27(45)23(38-51-3)17-6-7-20(42)26(44)22(17)34/h6-7,15,18,29H,4-5,8-14H2,1-3H3,(H6-,35,36,37,38,39,42,43,44,45,47,48,49,50)/p+1/t18-,29-/m1/s1. The largest absolute Gasteiger partial charge is 0.504 e. The predicted octanol–water partition coefficient (Wildman–Crippen LogP) is 1.98. The van der Waals surface area contributed by atoms with Crippen LogP contribution in [0.2, 0.25) is 5.02 Å². The van der Waals surface area contributed by atoms with Gasteiger partial charge in [0.2, 0.25) is 11.5 Å². The summed E-state index contributed by atoms with van der Waals surface area (Å²) < 4.78 is 0.447. The minimum absolute atomic E-state index is 0.0347. The molecule has 0 bridgehead atoms. The zero-order chi connectivity index (χ0) is 39.5. The molecule has 2 saturated heterocycles. The summed E-state index contributed by atoms with van der Waals surface area (Å²) in [7, 11) is 1.24. The number of likely N-dealkylation sites (tertiary alicyclic amines) is 1. The second kappa shape index (κ2) is 16.2. The van der Waals surface area contributed by atoms with Crippen molar-refractivity contribution in [1.29, 1.82) is 0 Å². The second-order valence-electron chi connectivity index (χ2n) is 13.4. The van der Waals surface area contributed by atoms with E-state index in [9.17, 15) is 44.4 Å². The lowest BCUT2D eigenvalue weighted by Gasteiger charge is -2.50. The lowest BCUT2D eigenvalue weighted by Crippen LogP contribution is -2.63. The van der Waals surface area contributed by atoms with Gasteiger partial charge in [0, 0.05) is 41.5 Å². The highest BCUT2D eigenvalue weighted by Crippen LogP contribution is 2.46. The maximum Gasteiger partial charge on any atom is 0.352 e. The number of phenols is 2. The van der Waals surface area contributed by atoms with E-state index >= 15 is 0 Å². The molecule has 5 rings (SSSR count).